The van der Waals surface area contributed by atoms with E-state index in [1.807, 2.05) is 32.2 Å². The minimum atomic E-state index is 0.197. The Labute approximate surface area is 77.1 Å². The average molecular weight is 172 g/mol. The zero-order chi connectivity index (χ0) is 9.84. The quantitative estimate of drug-likeness (QED) is 0.386. The summed E-state index contributed by atoms with van der Waals surface area (Å²) in [6.45, 7) is 3.96. The first-order valence-corrected chi connectivity index (χ1v) is 3.87. The normalized spacial score (nSPS) is 8.69. The van der Waals surface area contributed by atoms with E-state index in [1.54, 1.807) is 10.8 Å². The van der Waals surface area contributed by atoms with Gasteiger partial charge in [-0.05, 0) is 19.4 Å². The fraction of sp³-hybridized carbons (Fsp3) is 0.200. The fourth-order valence-electron chi connectivity index (χ4n) is 0.966. The molecule has 0 unspecified atom stereocenters. The van der Waals surface area contributed by atoms with Crippen molar-refractivity contribution in [2.75, 3.05) is 0 Å². The van der Waals surface area contributed by atoms with Gasteiger partial charge in [-0.2, -0.15) is 5.26 Å². The third-order valence-electron chi connectivity index (χ3n) is 1.92. The van der Waals surface area contributed by atoms with Gasteiger partial charge in [-0.1, -0.05) is 0 Å². The second-order valence-corrected chi connectivity index (χ2v) is 2.80. The van der Waals surface area contributed by atoms with Crippen LogP contribution in [0.25, 0.3) is 5.70 Å². The van der Waals surface area contributed by atoms with Crippen molar-refractivity contribution in [3.05, 3.63) is 29.6 Å². The lowest BCUT2D eigenvalue weighted by atomic mass is 10.2. The highest BCUT2D eigenvalue weighted by molar-refractivity contribution is 5.80. The number of aryl methyl sites for hydroxylation is 2. The molecule has 0 bridgehead atoms. The number of hydrogen-bond donors (Lipinski definition) is 1. The van der Waals surface area contributed by atoms with Gasteiger partial charge in [-0.15, -0.1) is 4.57 Å². The lowest BCUT2D eigenvalue weighted by Gasteiger charge is -1.95. The molecular formula is C10H10N3+. The van der Waals surface area contributed by atoms with Crippen LogP contribution in [-0.4, -0.2) is 5.87 Å². The summed E-state index contributed by atoms with van der Waals surface area (Å²) in [6.07, 6.45) is 3.57. The predicted octanol–water partition coefficient (Wildman–Crippen LogP) is 1.20. The molecule has 64 valence electrons. The first-order valence-electron chi connectivity index (χ1n) is 3.87. The number of rotatable bonds is 1. The monoisotopic (exact) mass is 172 g/mol. The molecule has 1 heterocycles. The molecule has 1 N–H and O–H groups in total. The van der Waals surface area contributed by atoms with Gasteiger partial charge in [0, 0.05) is 11.6 Å². The van der Waals surface area contributed by atoms with Crippen LogP contribution in [0.5, 0.6) is 0 Å². The minimum absolute atomic E-state index is 0.197. The van der Waals surface area contributed by atoms with E-state index in [1.165, 1.54) is 5.56 Å². The molecule has 0 atom stereocenters. The lowest BCUT2D eigenvalue weighted by Crippen LogP contribution is -2.31. The molecule has 1 aromatic rings. The van der Waals surface area contributed by atoms with E-state index in [2.05, 4.69) is 5.87 Å². The van der Waals surface area contributed by atoms with Gasteiger partial charge in [-0.3, -0.25) is 5.41 Å². The van der Waals surface area contributed by atoms with Crippen molar-refractivity contribution in [3.63, 3.8) is 0 Å². The Bertz CT molecular complexity index is 420. The Balaban J connectivity index is 3.27. The van der Waals surface area contributed by atoms with Crippen molar-refractivity contribution in [2.45, 2.75) is 13.8 Å². The number of pyridine rings is 1. The molecule has 3 heteroatoms. The van der Waals surface area contributed by atoms with Crippen molar-refractivity contribution in [1.29, 1.82) is 10.7 Å². The highest BCUT2D eigenvalue weighted by Crippen LogP contribution is 2.01. The molecule has 0 aromatic carbocycles. The average Bonchev–Trinajstić information content (AvgIpc) is 2.13. The largest absolute Gasteiger partial charge is 0.351 e. The molecule has 0 radical (unpaired) electrons. The number of hydrogen-bond acceptors (Lipinski definition) is 2. The SMILES string of the molecule is Cc1cc[n+](C(=C=N)C#N)cc1C. The molecule has 0 spiro atoms. The molecule has 0 amide bonds. The van der Waals surface area contributed by atoms with Crippen LogP contribution in [-0.2, 0) is 0 Å². The Kier molecular flexibility index (Phi) is 2.59. The van der Waals surface area contributed by atoms with E-state index < -0.39 is 0 Å². The smallest absolute Gasteiger partial charge is 0.252 e. The van der Waals surface area contributed by atoms with Crippen LogP contribution in [0.4, 0.5) is 0 Å². The second kappa shape index (κ2) is 3.66. The van der Waals surface area contributed by atoms with E-state index in [9.17, 15) is 0 Å². The third-order valence-corrected chi connectivity index (χ3v) is 1.92. The summed E-state index contributed by atoms with van der Waals surface area (Å²) in [6, 6.07) is 3.80. The van der Waals surface area contributed by atoms with Gasteiger partial charge in [-0.25, -0.2) is 0 Å². The molecule has 1 aromatic heterocycles. The molecular weight excluding hydrogens is 162 g/mol. The van der Waals surface area contributed by atoms with E-state index in [0.29, 0.717) is 0 Å². The summed E-state index contributed by atoms with van der Waals surface area (Å²) < 4.78 is 1.59. The number of nitriles is 1. The van der Waals surface area contributed by atoms with E-state index >= 15 is 0 Å². The van der Waals surface area contributed by atoms with Crippen molar-refractivity contribution in [3.8, 4) is 6.07 Å². The molecule has 0 aliphatic carbocycles. The molecule has 0 saturated heterocycles. The Morgan fingerprint density at radius 1 is 1.46 bits per heavy atom. The maximum absolute atomic E-state index is 8.65. The zero-order valence-corrected chi connectivity index (χ0v) is 7.63. The molecule has 0 aliphatic heterocycles. The van der Waals surface area contributed by atoms with E-state index in [0.717, 1.165) is 5.56 Å². The summed E-state index contributed by atoms with van der Waals surface area (Å²) >= 11 is 0. The summed E-state index contributed by atoms with van der Waals surface area (Å²) in [5, 5.41) is 15.5. The predicted molar refractivity (Wildman–Crippen MR) is 49.2 cm³/mol. The second-order valence-electron chi connectivity index (χ2n) is 2.80. The van der Waals surface area contributed by atoms with Crippen molar-refractivity contribution < 1.29 is 4.57 Å². The van der Waals surface area contributed by atoms with Crippen LogP contribution >= 0.6 is 0 Å². The summed E-state index contributed by atoms with van der Waals surface area (Å²) in [4.78, 5) is 0. The molecule has 3 nitrogen and oxygen atoms in total. The first kappa shape index (κ1) is 9.18. The number of nitrogens with one attached hydrogen (secondary N) is 1. The number of nitrogens with zero attached hydrogens (tertiary/aromatic N) is 2. The molecule has 0 aliphatic rings. The van der Waals surface area contributed by atoms with Gasteiger partial charge in [0.25, 0.3) is 0 Å². The highest BCUT2D eigenvalue weighted by atomic mass is 14.9. The van der Waals surface area contributed by atoms with E-state index in [4.69, 9.17) is 10.7 Å². The summed E-state index contributed by atoms with van der Waals surface area (Å²) in [7, 11) is 0. The highest BCUT2D eigenvalue weighted by Gasteiger charge is 2.09. The molecule has 13 heavy (non-hydrogen) atoms. The molecule has 0 saturated carbocycles. The number of allylic oxidation sites excluding steroid dienone is 1. The van der Waals surface area contributed by atoms with Crippen LogP contribution in [0.15, 0.2) is 18.5 Å². The van der Waals surface area contributed by atoms with Crippen LogP contribution in [0.3, 0.4) is 0 Å². The van der Waals surface area contributed by atoms with Gasteiger partial charge in [0.15, 0.2) is 18.5 Å². The third kappa shape index (κ3) is 1.81. The van der Waals surface area contributed by atoms with Crippen molar-refractivity contribution in [1.82, 2.24) is 0 Å². The standard InChI is InChI=1S/C10H10N3/c1-8-3-4-13(7-9(8)2)10(5-11)6-12/h3-4,7,11H,1-2H3/q+1. The van der Waals surface area contributed by atoms with Crippen LogP contribution < -0.4 is 4.57 Å². The summed E-state index contributed by atoms with van der Waals surface area (Å²) in [5.41, 5.74) is 2.45. The van der Waals surface area contributed by atoms with Gasteiger partial charge in [0.05, 0.1) is 5.87 Å². The van der Waals surface area contributed by atoms with Crippen LogP contribution in [0.2, 0.25) is 0 Å². The topological polar surface area (TPSA) is 51.5 Å². The lowest BCUT2D eigenvalue weighted by molar-refractivity contribution is -0.576. The zero-order valence-electron chi connectivity index (χ0n) is 7.63. The molecule has 0 fully saturated rings. The molecule has 1 rings (SSSR count). The van der Waals surface area contributed by atoms with Gasteiger partial charge < -0.3 is 0 Å². The van der Waals surface area contributed by atoms with Gasteiger partial charge in [0.2, 0.25) is 0 Å². The maximum Gasteiger partial charge on any atom is 0.351 e. The first-order chi connectivity index (χ1) is 6.19. The summed E-state index contributed by atoms with van der Waals surface area (Å²) in [5.74, 6) is 2.08. The van der Waals surface area contributed by atoms with Gasteiger partial charge in [0.1, 0.15) is 0 Å². The Morgan fingerprint density at radius 2 is 2.15 bits per heavy atom. The van der Waals surface area contributed by atoms with E-state index in [-0.39, 0.29) is 5.70 Å². The van der Waals surface area contributed by atoms with Crippen LogP contribution in [0, 0.1) is 30.6 Å². The minimum Gasteiger partial charge on any atom is -0.252 e. The van der Waals surface area contributed by atoms with Crippen molar-refractivity contribution in [2.24, 2.45) is 0 Å². The number of aromatic nitrogens is 1. The Hall–Kier alpha value is -1.91. The van der Waals surface area contributed by atoms with Crippen LogP contribution in [0.1, 0.15) is 11.1 Å². The van der Waals surface area contributed by atoms with Crippen molar-refractivity contribution >= 4 is 11.6 Å². The fourth-order valence-corrected chi connectivity index (χ4v) is 0.966. The van der Waals surface area contributed by atoms with Gasteiger partial charge >= 0.3 is 5.70 Å². The Morgan fingerprint density at radius 3 is 2.62 bits per heavy atom. The maximum atomic E-state index is 8.65.